The fourth-order valence-corrected chi connectivity index (χ4v) is 3.71. The Bertz CT molecular complexity index is 914. The maximum Gasteiger partial charge on any atom is 0.290 e. The number of hydrogen-bond donors (Lipinski definition) is 0. The summed E-state index contributed by atoms with van der Waals surface area (Å²) in [5.74, 6) is -1.53. The minimum atomic E-state index is -2.53. The fraction of sp³-hybridized carbons (Fsp3) is 0.267. The molecule has 3 heterocycles. The summed E-state index contributed by atoms with van der Waals surface area (Å²) in [5, 5.41) is 0.209. The summed E-state index contributed by atoms with van der Waals surface area (Å²) >= 11 is 0.378. The number of halogens is 2. The van der Waals surface area contributed by atoms with Gasteiger partial charge in [0.2, 0.25) is 0 Å². The van der Waals surface area contributed by atoms with Gasteiger partial charge in [0.1, 0.15) is 10.7 Å². The maximum absolute atomic E-state index is 12.5. The lowest BCUT2D eigenvalue weighted by molar-refractivity contribution is 0.252. The average Bonchev–Trinajstić information content (AvgIpc) is 2.89. The molecule has 0 spiro atoms. The molecule has 0 fully saturated rings. The SMILES string of the molecule is CCS(=O)c1cccnc1-c1nc2cc(SC(F)F)ncc2n1C. The van der Waals surface area contributed by atoms with E-state index >= 15 is 0 Å². The van der Waals surface area contributed by atoms with Crippen LogP contribution in [0.5, 0.6) is 0 Å². The molecule has 24 heavy (non-hydrogen) atoms. The first kappa shape index (κ1) is 17.0. The van der Waals surface area contributed by atoms with Gasteiger partial charge in [0.05, 0.1) is 32.9 Å². The van der Waals surface area contributed by atoms with E-state index in [1.165, 1.54) is 12.3 Å². The zero-order chi connectivity index (χ0) is 17.3. The normalized spacial score (nSPS) is 12.9. The van der Waals surface area contributed by atoms with Crippen molar-refractivity contribution in [1.29, 1.82) is 0 Å². The molecule has 0 N–H and O–H groups in total. The highest BCUT2D eigenvalue weighted by atomic mass is 32.2. The highest BCUT2D eigenvalue weighted by Crippen LogP contribution is 2.29. The molecule has 0 radical (unpaired) electrons. The Labute approximate surface area is 144 Å². The van der Waals surface area contributed by atoms with Crippen molar-refractivity contribution in [2.45, 2.75) is 22.6 Å². The van der Waals surface area contributed by atoms with Gasteiger partial charge in [-0.2, -0.15) is 8.78 Å². The van der Waals surface area contributed by atoms with Gasteiger partial charge in [0, 0.05) is 19.0 Å². The van der Waals surface area contributed by atoms with Gasteiger partial charge in [0.25, 0.3) is 5.76 Å². The third kappa shape index (κ3) is 3.18. The second-order valence-electron chi connectivity index (χ2n) is 4.87. The van der Waals surface area contributed by atoms with E-state index in [1.807, 2.05) is 6.92 Å². The molecule has 3 rings (SSSR count). The van der Waals surface area contributed by atoms with Crippen LogP contribution in [0.15, 0.2) is 40.5 Å². The number of thioether (sulfide) groups is 1. The molecule has 3 aromatic heterocycles. The molecule has 1 atom stereocenters. The van der Waals surface area contributed by atoms with E-state index in [2.05, 4.69) is 15.0 Å². The predicted octanol–water partition coefficient (Wildman–Crippen LogP) is 3.47. The lowest BCUT2D eigenvalue weighted by atomic mass is 10.3. The molecule has 3 aromatic rings. The maximum atomic E-state index is 12.5. The number of fused-ring (bicyclic) bond motifs is 1. The van der Waals surface area contributed by atoms with Gasteiger partial charge < -0.3 is 4.57 Å². The third-order valence-electron chi connectivity index (χ3n) is 3.44. The number of aromatic nitrogens is 4. The summed E-state index contributed by atoms with van der Waals surface area (Å²) in [6.45, 7) is 1.83. The molecule has 0 amide bonds. The molecular formula is C15H14F2N4OS2. The van der Waals surface area contributed by atoms with Crippen molar-refractivity contribution in [2.75, 3.05) is 5.75 Å². The van der Waals surface area contributed by atoms with Crippen LogP contribution in [0.4, 0.5) is 8.78 Å². The standard InChI is InChI=1S/C15H14F2N4OS2/c1-3-24(22)11-5-4-6-18-13(11)14-20-9-7-12(23-15(16)17)19-8-10(9)21(14)2/h4-8,15H,3H2,1-2H3. The van der Waals surface area contributed by atoms with Crippen molar-refractivity contribution >= 4 is 33.6 Å². The highest BCUT2D eigenvalue weighted by Gasteiger charge is 2.18. The zero-order valence-corrected chi connectivity index (χ0v) is 14.6. The molecular weight excluding hydrogens is 354 g/mol. The van der Waals surface area contributed by atoms with Gasteiger partial charge in [0.15, 0.2) is 5.82 Å². The van der Waals surface area contributed by atoms with E-state index in [1.54, 1.807) is 29.9 Å². The smallest absolute Gasteiger partial charge is 0.290 e. The first-order valence-electron chi connectivity index (χ1n) is 7.12. The molecule has 0 saturated heterocycles. The van der Waals surface area contributed by atoms with Crippen molar-refractivity contribution in [3.63, 3.8) is 0 Å². The number of alkyl halides is 2. The second kappa shape index (κ2) is 6.94. The van der Waals surface area contributed by atoms with Crippen LogP contribution in [0, 0.1) is 0 Å². The summed E-state index contributed by atoms with van der Waals surface area (Å²) in [6, 6.07) is 5.01. The molecule has 5 nitrogen and oxygen atoms in total. The van der Waals surface area contributed by atoms with Crippen LogP contribution in [0.1, 0.15) is 6.92 Å². The summed E-state index contributed by atoms with van der Waals surface area (Å²) < 4.78 is 39.0. The number of hydrogen-bond acceptors (Lipinski definition) is 5. The number of rotatable bonds is 5. The molecule has 1 unspecified atom stereocenters. The summed E-state index contributed by atoms with van der Waals surface area (Å²) in [5.41, 5.74) is 1.77. The number of nitrogens with zero attached hydrogens (tertiary/aromatic N) is 4. The Kier molecular flexibility index (Phi) is 4.91. The van der Waals surface area contributed by atoms with E-state index in [0.717, 1.165) is 0 Å². The first-order chi connectivity index (χ1) is 11.5. The Morgan fingerprint density at radius 1 is 1.38 bits per heavy atom. The van der Waals surface area contributed by atoms with E-state index in [0.29, 0.717) is 45.0 Å². The van der Waals surface area contributed by atoms with Gasteiger partial charge in [-0.05, 0) is 30.0 Å². The van der Waals surface area contributed by atoms with E-state index < -0.39 is 16.6 Å². The number of aryl methyl sites for hydroxylation is 1. The van der Waals surface area contributed by atoms with Crippen LogP contribution >= 0.6 is 11.8 Å². The second-order valence-corrected chi connectivity index (χ2v) is 7.59. The lowest BCUT2D eigenvalue weighted by Crippen LogP contribution is -2.02. The highest BCUT2D eigenvalue weighted by molar-refractivity contribution is 7.99. The molecule has 0 aliphatic heterocycles. The van der Waals surface area contributed by atoms with Crippen molar-refractivity contribution in [2.24, 2.45) is 7.05 Å². The molecule has 0 aliphatic carbocycles. The molecule has 126 valence electrons. The van der Waals surface area contributed by atoms with Crippen LogP contribution in [0.25, 0.3) is 22.6 Å². The van der Waals surface area contributed by atoms with Gasteiger partial charge in [-0.25, -0.2) is 9.97 Å². The van der Waals surface area contributed by atoms with Gasteiger partial charge >= 0.3 is 0 Å². The Morgan fingerprint density at radius 3 is 2.88 bits per heavy atom. The van der Waals surface area contributed by atoms with Crippen LogP contribution in [-0.2, 0) is 17.8 Å². The average molecular weight is 368 g/mol. The largest absolute Gasteiger partial charge is 0.324 e. The minimum absolute atomic E-state index is 0.209. The van der Waals surface area contributed by atoms with Gasteiger partial charge in [-0.1, -0.05) is 6.92 Å². The van der Waals surface area contributed by atoms with Crippen molar-refractivity contribution in [3.8, 4) is 11.5 Å². The zero-order valence-electron chi connectivity index (χ0n) is 12.9. The molecule has 0 aromatic carbocycles. The summed E-state index contributed by atoms with van der Waals surface area (Å²) in [4.78, 5) is 13.5. The first-order valence-corrected chi connectivity index (χ1v) is 9.32. The topological polar surface area (TPSA) is 60.7 Å². The number of imidazole rings is 1. The Hall–Kier alpha value is -1.87. The molecule has 0 aliphatic rings. The molecule has 0 saturated carbocycles. The number of pyridine rings is 2. The van der Waals surface area contributed by atoms with Gasteiger partial charge in [-0.15, -0.1) is 0 Å². The lowest BCUT2D eigenvalue weighted by Gasteiger charge is -2.07. The van der Waals surface area contributed by atoms with Crippen LogP contribution in [-0.4, -0.2) is 35.2 Å². The van der Waals surface area contributed by atoms with E-state index in [-0.39, 0.29) is 5.03 Å². The predicted molar refractivity (Wildman–Crippen MR) is 90.6 cm³/mol. The van der Waals surface area contributed by atoms with Crippen molar-refractivity contribution in [3.05, 3.63) is 30.6 Å². The molecule has 0 bridgehead atoms. The Morgan fingerprint density at radius 2 is 2.17 bits per heavy atom. The van der Waals surface area contributed by atoms with Crippen LogP contribution in [0.3, 0.4) is 0 Å². The third-order valence-corrected chi connectivity index (χ3v) is 5.43. The van der Waals surface area contributed by atoms with Crippen molar-refractivity contribution in [1.82, 2.24) is 19.5 Å². The quantitative estimate of drug-likeness (QED) is 0.646. The van der Waals surface area contributed by atoms with Crippen molar-refractivity contribution < 1.29 is 13.0 Å². The Balaban J connectivity index is 2.14. The minimum Gasteiger partial charge on any atom is -0.324 e. The summed E-state index contributed by atoms with van der Waals surface area (Å²) in [7, 11) is 0.612. The van der Waals surface area contributed by atoms with E-state index in [9.17, 15) is 13.0 Å². The van der Waals surface area contributed by atoms with Crippen LogP contribution in [0.2, 0.25) is 0 Å². The van der Waals surface area contributed by atoms with Crippen LogP contribution < -0.4 is 0 Å². The van der Waals surface area contributed by atoms with Gasteiger partial charge in [-0.3, -0.25) is 9.19 Å². The monoisotopic (exact) mass is 368 g/mol. The van der Waals surface area contributed by atoms with E-state index in [4.69, 9.17) is 0 Å². The molecule has 9 heteroatoms. The summed E-state index contributed by atoms with van der Waals surface area (Å²) in [6.07, 6.45) is 3.12. The fourth-order valence-electron chi connectivity index (χ4n) is 2.34.